The van der Waals surface area contributed by atoms with E-state index < -0.39 is 54.4 Å². The topological polar surface area (TPSA) is 64.8 Å². The van der Waals surface area contributed by atoms with Gasteiger partial charge in [0.15, 0.2) is 5.82 Å². The van der Waals surface area contributed by atoms with E-state index in [1.54, 1.807) is 39.1 Å². The van der Waals surface area contributed by atoms with Crippen LogP contribution in [0, 0.1) is 23.3 Å². The second kappa shape index (κ2) is 9.26. The van der Waals surface area contributed by atoms with E-state index in [1.807, 2.05) is 0 Å². The Kier molecular flexibility index (Phi) is 6.50. The molecule has 0 aliphatic rings. The van der Waals surface area contributed by atoms with Gasteiger partial charge in [0.1, 0.15) is 32.9 Å². The first-order valence-electron chi connectivity index (χ1n) is 10.8. The van der Waals surface area contributed by atoms with E-state index in [0.717, 1.165) is 12.1 Å². The summed E-state index contributed by atoms with van der Waals surface area (Å²) in [5.41, 5.74) is -0.0947. The highest BCUT2D eigenvalue weighted by Gasteiger charge is 2.34. The number of hydrogen-bond acceptors (Lipinski definition) is 4. The van der Waals surface area contributed by atoms with Crippen LogP contribution in [0.1, 0.15) is 32.3 Å². The minimum Gasteiger partial charge on any atom is -0.272 e. The van der Waals surface area contributed by atoms with Crippen LogP contribution >= 0.6 is 0 Å². The van der Waals surface area contributed by atoms with Crippen molar-refractivity contribution in [3.63, 3.8) is 0 Å². The molecule has 0 atom stereocenters. The van der Waals surface area contributed by atoms with Crippen molar-refractivity contribution in [2.75, 3.05) is 0 Å². The van der Waals surface area contributed by atoms with Gasteiger partial charge >= 0.3 is 0 Å². The number of aromatic nitrogens is 3. The summed E-state index contributed by atoms with van der Waals surface area (Å²) in [6.45, 7) is 5.25. The molecular weight excluding hydrogens is 482 g/mol. The quantitative estimate of drug-likeness (QED) is 0.234. The Bertz CT molecular complexity index is 1520. The van der Waals surface area contributed by atoms with Crippen molar-refractivity contribution in [3.8, 4) is 22.4 Å². The van der Waals surface area contributed by atoms with Crippen LogP contribution < -0.4 is 0 Å². The molecule has 0 saturated heterocycles. The number of pyridine rings is 1. The van der Waals surface area contributed by atoms with Crippen LogP contribution in [0.4, 0.5) is 17.6 Å². The zero-order valence-electron chi connectivity index (χ0n) is 19.1. The van der Waals surface area contributed by atoms with Crippen LogP contribution in [0.2, 0.25) is 0 Å². The third-order valence-corrected chi connectivity index (χ3v) is 7.43. The molecule has 2 aromatic carbocycles. The summed E-state index contributed by atoms with van der Waals surface area (Å²) < 4.78 is 88.3. The molecule has 182 valence electrons. The van der Waals surface area contributed by atoms with Crippen molar-refractivity contribution >= 4 is 9.84 Å². The number of hydrogen-bond donors (Lipinski definition) is 0. The Morgan fingerprint density at radius 2 is 1.66 bits per heavy atom. The first kappa shape index (κ1) is 24.6. The van der Waals surface area contributed by atoms with Crippen LogP contribution in [0.15, 0.2) is 64.8 Å². The van der Waals surface area contributed by atoms with Gasteiger partial charge in [-0.05, 0) is 60.4 Å². The molecule has 0 spiro atoms. The second-order valence-electron chi connectivity index (χ2n) is 8.18. The highest BCUT2D eigenvalue weighted by atomic mass is 32.2. The summed E-state index contributed by atoms with van der Waals surface area (Å²) >= 11 is 0. The molecule has 0 unspecified atom stereocenters. The van der Waals surface area contributed by atoms with Crippen LogP contribution in [0.5, 0.6) is 0 Å². The van der Waals surface area contributed by atoms with Crippen molar-refractivity contribution < 1.29 is 26.0 Å². The van der Waals surface area contributed by atoms with Gasteiger partial charge in [-0.2, -0.15) is 5.10 Å². The summed E-state index contributed by atoms with van der Waals surface area (Å²) in [6.07, 6.45) is 4.58. The number of nitrogens with zero attached hydrogens (tertiary/aromatic N) is 3. The summed E-state index contributed by atoms with van der Waals surface area (Å²) in [5, 5.41) is 4.29. The van der Waals surface area contributed by atoms with E-state index in [2.05, 4.69) is 10.1 Å². The van der Waals surface area contributed by atoms with Crippen LogP contribution in [0.25, 0.3) is 22.4 Å². The number of aryl methyl sites for hydroxylation is 1. The first-order valence-corrected chi connectivity index (χ1v) is 12.2. The smallest absolute Gasteiger partial charge is 0.212 e. The second-order valence-corrected chi connectivity index (χ2v) is 10.0. The Balaban J connectivity index is 2.08. The number of halogens is 4. The molecule has 0 saturated carbocycles. The lowest BCUT2D eigenvalue weighted by atomic mass is 9.96. The Morgan fingerprint density at radius 1 is 0.971 bits per heavy atom. The fourth-order valence-corrected chi connectivity index (χ4v) is 5.60. The molecule has 2 heterocycles. The SMILES string of the molecule is CCn1cc(-c2ccncc2)c(-c2c(F)cc(C(C)C)c(S(=O)(=O)c3cc(F)ccc3F)c2F)n1. The third kappa shape index (κ3) is 4.34. The Hall–Kier alpha value is -3.53. The highest BCUT2D eigenvalue weighted by molar-refractivity contribution is 7.91. The van der Waals surface area contributed by atoms with Crippen LogP contribution in [-0.4, -0.2) is 23.2 Å². The van der Waals surface area contributed by atoms with Crippen molar-refractivity contribution in [1.29, 1.82) is 0 Å². The molecule has 4 rings (SSSR count). The first-order chi connectivity index (χ1) is 16.6. The highest BCUT2D eigenvalue weighted by Crippen LogP contribution is 2.41. The third-order valence-electron chi connectivity index (χ3n) is 5.59. The summed E-state index contributed by atoms with van der Waals surface area (Å²) in [4.78, 5) is 1.99. The zero-order chi connectivity index (χ0) is 25.5. The zero-order valence-corrected chi connectivity index (χ0v) is 19.9. The van der Waals surface area contributed by atoms with Gasteiger partial charge in [-0.15, -0.1) is 0 Å². The van der Waals surface area contributed by atoms with E-state index in [4.69, 9.17) is 0 Å². The van der Waals surface area contributed by atoms with Gasteiger partial charge in [0, 0.05) is 30.7 Å². The average Bonchev–Trinajstić information content (AvgIpc) is 3.24. The lowest BCUT2D eigenvalue weighted by molar-refractivity contribution is 0.531. The molecule has 0 fully saturated rings. The van der Waals surface area contributed by atoms with Crippen LogP contribution in [-0.2, 0) is 16.4 Å². The number of sulfone groups is 1. The van der Waals surface area contributed by atoms with Gasteiger partial charge in [-0.3, -0.25) is 9.67 Å². The lowest BCUT2D eigenvalue weighted by Crippen LogP contribution is -2.14. The van der Waals surface area contributed by atoms with E-state index in [1.165, 1.54) is 17.1 Å². The molecule has 0 radical (unpaired) electrons. The Morgan fingerprint density at radius 3 is 2.29 bits per heavy atom. The van der Waals surface area contributed by atoms with E-state index in [-0.39, 0.29) is 11.3 Å². The minimum atomic E-state index is -4.92. The average molecular weight is 504 g/mol. The predicted molar refractivity (Wildman–Crippen MR) is 122 cm³/mol. The van der Waals surface area contributed by atoms with Gasteiger partial charge < -0.3 is 0 Å². The van der Waals surface area contributed by atoms with Crippen molar-refractivity contribution in [1.82, 2.24) is 14.8 Å². The molecule has 0 aliphatic carbocycles. The van der Waals surface area contributed by atoms with E-state index in [0.29, 0.717) is 29.8 Å². The summed E-state index contributed by atoms with van der Waals surface area (Å²) in [5.74, 6) is -5.36. The maximum Gasteiger partial charge on any atom is 0.212 e. The number of benzene rings is 2. The largest absolute Gasteiger partial charge is 0.272 e. The maximum atomic E-state index is 16.2. The van der Waals surface area contributed by atoms with E-state index in [9.17, 15) is 17.2 Å². The molecular formula is C25H21F4N3O2S. The molecule has 35 heavy (non-hydrogen) atoms. The molecule has 0 N–H and O–H groups in total. The molecule has 0 aliphatic heterocycles. The number of rotatable bonds is 6. The maximum absolute atomic E-state index is 16.2. The van der Waals surface area contributed by atoms with E-state index >= 15 is 8.78 Å². The van der Waals surface area contributed by atoms with Crippen molar-refractivity contribution in [3.05, 3.63) is 83.8 Å². The normalized spacial score (nSPS) is 11.9. The van der Waals surface area contributed by atoms with Gasteiger partial charge in [0.2, 0.25) is 9.84 Å². The van der Waals surface area contributed by atoms with Gasteiger partial charge in [0.25, 0.3) is 0 Å². The lowest BCUT2D eigenvalue weighted by Gasteiger charge is -2.18. The molecule has 4 aromatic rings. The summed E-state index contributed by atoms with van der Waals surface area (Å²) in [7, 11) is -4.92. The van der Waals surface area contributed by atoms with Crippen LogP contribution in [0.3, 0.4) is 0 Å². The molecule has 2 aromatic heterocycles. The van der Waals surface area contributed by atoms with Gasteiger partial charge in [0.05, 0.1) is 5.56 Å². The van der Waals surface area contributed by atoms with Gasteiger partial charge in [-0.25, -0.2) is 26.0 Å². The van der Waals surface area contributed by atoms with Crippen molar-refractivity contribution in [2.24, 2.45) is 0 Å². The molecule has 5 nitrogen and oxygen atoms in total. The van der Waals surface area contributed by atoms with Gasteiger partial charge in [-0.1, -0.05) is 13.8 Å². The molecule has 0 amide bonds. The fraction of sp³-hybridized carbons (Fsp3) is 0.200. The molecule has 0 bridgehead atoms. The minimum absolute atomic E-state index is 0.125. The van der Waals surface area contributed by atoms with Crippen molar-refractivity contribution in [2.45, 2.75) is 43.0 Å². The fourth-order valence-electron chi connectivity index (χ4n) is 3.84. The summed E-state index contributed by atoms with van der Waals surface area (Å²) in [6, 6.07) is 6.03. The Labute approximate surface area is 200 Å². The predicted octanol–water partition coefficient (Wildman–Crippen LogP) is 6.14. The standard InChI is InChI=1S/C25H21F4N3O2S/c1-4-32-13-18(15-7-9-30-10-8-15)24(31-32)22-20(28)12-17(14(2)3)25(23(22)29)35(33,34)21-11-16(26)5-6-19(21)27/h5-14H,4H2,1-3H3. The molecule has 10 heteroatoms. The monoisotopic (exact) mass is 503 g/mol.